The third-order valence-corrected chi connectivity index (χ3v) is 5.21. The average molecular weight is 374 g/mol. The minimum absolute atomic E-state index is 0.126. The lowest BCUT2D eigenvalue weighted by Crippen LogP contribution is -2.53. The number of nitrogens with zero attached hydrogens (tertiary/aromatic N) is 1. The number of carbonyl (C=O) groups excluding carboxylic acids is 1. The van der Waals surface area contributed by atoms with Gasteiger partial charge < -0.3 is 15.3 Å². The number of rotatable bonds is 5. The van der Waals surface area contributed by atoms with Crippen LogP contribution in [-0.2, 0) is 10.3 Å². The molecule has 144 valence electrons. The third kappa shape index (κ3) is 4.70. The van der Waals surface area contributed by atoms with Crippen LogP contribution in [0.1, 0.15) is 37.0 Å². The van der Waals surface area contributed by atoms with Crippen LogP contribution < -0.4 is 5.32 Å². The molecule has 1 aliphatic heterocycles. The van der Waals surface area contributed by atoms with E-state index in [0.29, 0.717) is 38.0 Å². The summed E-state index contributed by atoms with van der Waals surface area (Å²) in [5, 5.41) is 13.5. The van der Waals surface area contributed by atoms with Crippen molar-refractivity contribution in [3.8, 4) is 0 Å². The van der Waals surface area contributed by atoms with Crippen LogP contribution in [-0.4, -0.2) is 35.5 Å². The summed E-state index contributed by atoms with van der Waals surface area (Å²) in [4.78, 5) is 13.9. The third-order valence-electron chi connectivity index (χ3n) is 5.21. The second-order valence-corrected chi connectivity index (χ2v) is 7.14. The molecule has 0 spiro atoms. The van der Waals surface area contributed by atoms with Crippen molar-refractivity contribution < 1.29 is 18.7 Å². The van der Waals surface area contributed by atoms with Gasteiger partial charge in [-0.05, 0) is 48.2 Å². The van der Waals surface area contributed by atoms with Crippen LogP contribution in [0, 0.1) is 11.6 Å². The fourth-order valence-electron chi connectivity index (χ4n) is 3.74. The molecule has 0 bridgehead atoms. The van der Waals surface area contributed by atoms with E-state index in [2.05, 4.69) is 10.2 Å². The van der Waals surface area contributed by atoms with Crippen LogP contribution in [0.15, 0.2) is 48.5 Å². The zero-order valence-corrected chi connectivity index (χ0v) is 15.3. The van der Waals surface area contributed by atoms with Crippen LogP contribution in [0.3, 0.4) is 0 Å². The van der Waals surface area contributed by atoms with E-state index in [1.165, 1.54) is 31.2 Å². The van der Waals surface area contributed by atoms with Gasteiger partial charge in [0.05, 0.1) is 11.6 Å². The van der Waals surface area contributed by atoms with Gasteiger partial charge in [0.15, 0.2) is 0 Å². The lowest BCUT2D eigenvalue weighted by atomic mass is 9.80. The van der Waals surface area contributed by atoms with E-state index in [0.717, 1.165) is 5.56 Å². The van der Waals surface area contributed by atoms with E-state index in [1.807, 2.05) is 0 Å². The summed E-state index contributed by atoms with van der Waals surface area (Å²) in [5.41, 5.74) is 1.03. The molecule has 2 N–H and O–H groups in total. The van der Waals surface area contributed by atoms with Gasteiger partial charge in [-0.15, -0.1) is 0 Å². The first kappa shape index (κ1) is 19.5. The molecule has 1 heterocycles. The second kappa shape index (κ2) is 8.15. The Kier molecular flexibility index (Phi) is 5.87. The lowest BCUT2D eigenvalue weighted by molar-refractivity contribution is -0.121. The number of nitrogens with one attached hydrogen (secondary N) is 1. The molecule has 1 fully saturated rings. The van der Waals surface area contributed by atoms with Gasteiger partial charge in [0.1, 0.15) is 11.6 Å². The first-order valence-corrected chi connectivity index (χ1v) is 9.09. The average Bonchev–Trinajstić information content (AvgIpc) is 2.64. The number of aliphatic hydroxyl groups excluding tert-OH is 1. The molecule has 4 nitrogen and oxygen atoms in total. The summed E-state index contributed by atoms with van der Waals surface area (Å²) in [6, 6.07) is 12.1. The number of piperidine rings is 1. The Labute approximate surface area is 157 Å². The van der Waals surface area contributed by atoms with Crippen molar-refractivity contribution in [2.75, 3.05) is 19.6 Å². The maximum absolute atomic E-state index is 13.3. The lowest BCUT2D eigenvalue weighted by Gasteiger charge is -2.43. The van der Waals surface area contributed by atoms with Crippen molar-refractivity contribution in [3.63, 3.8) is 0 Å². The van der Waals surface area contributed by atoms with Crippen molar-refractivity contribution in [2.45, 2.75) is 31.4 Å². The summed E-state index contributed by atoms with van der Waals surface area (Å²) in [7, 11) is 0. The quantitative estimate of drug-likeness (QED) is 0.846. The number of hydrogen-bond donors (Lipinski definition) is 2. The van der Waals surface area contributed by atoms with Gasteiger partial charge in [-0.2, -0.15) is 0 Å². The van der Waals surface area contributed by atoms with E-state index in [9.17, 15) is 18.7 Å². The highest BCUT2D eigenvalue weighted by molar-refractivity contribution is 5.74. The number of carbonyl (C=O) groups is 1. The largest absolute Gasteiger partial charge is 0.387 e. The van der Waals surface area contributed by atoms with Crippen LogP contribution in [0.25, 0.3) is 0 Å². The highest BCUT2D eigenvalue weighted by atomic mass is 19.1. The number of hydrogen-bond acceptors (Lipinski definition) is 3. The Morgan fingerprint density at radius 2 is 1.59 bits per heavy atom. The molecule has 0 aromatic heterocycles. The molecule has 27 heavy (non-hydrogen) atoms. The van der Waals surface area contributed by atoms with E-state index in [-0.39, 0.29) is 17.5 Å². The Hall–Kier alpha value is -2.31. The molecule has 1 atom stereocenters. The molecule has 1 saturated heterocycles. The van der Waals surface area contributed by atoms with E-state index >= 15 is 0 Å². The van der Waals surface area contributed by atoms with Crippen LogP contribution in [0.4, 0.5) is 8.78 Å². The smallest absolute Gasteiger partial charge is 0.217 e. The zero-order valence-electron chi connectivity index (χ0n) is 15.3. The van der Waals surface area contributed by atoms with Crippen molar-refractivity contribution in [3.05, 3.63) is 71.3 Å². The highest BCUT2D eigenvalue weighted by Gasteiger charge is 2.37. The zero-order chi connectivity index (χ0) is 19.4. The van der Waals surface area contributed by atoms with E-state index in [4.69, 9.17) is 0 Å². The maximum Gasteiger partial charge on any atom is 0.217 e. The van der Waals surface area contributed by atoms with Crippen LogP contribution >= 0.6 is 0 Å². The molecule has 0 radical (unpaired) electrons. The number of halogens is 2. The van der Waals surface area contributed by atoms with Crippen LogP contribution in [0.2, 0.25) is 0 Å². The number of aliphatic hydroxyl groups is 1. The fraction of sp³-hybridized carbons (Fsp3) is 0.381. The normalized spacial score (nSPS) is 18.1. The number of likely N-dealkylation sites (tertiary alicyclic amines) is 1. The molecule has 0 saturated carbocycles. The minimum Gasteiger partial charge on any atom is -0.387 e. The van der Waals surface area contributed by atoms with Crippen molar-refractivity contribution in [2.24, 2.45) is 0 Å². The topological polar surface area (TPSA) is 52.6 Å². The highest BCUT2D eigenvalue weighted by Crippen LogP contribution is 2.34. The van der Waals surface area contributed by atoms with Crippen LogP contribution in [0.5, 0.6) is 0 Å². The summed E-state index contributed by atoms with van der Waals surface area (Å²) >= 11 is 0. The standard InChI is InChI=1S/C21H24F2N2O2/c1-15(26)24-21(17-4-8-19(23)9-5-17)10-12-25(13-11-21)14-20(27)16-2-6-18(22)7-3-16/h2-9,20,27H,10-14H2,1H3,(H,24,26)/t20-/m0/s1. The molecule has 1 amide bonds. The Bertz CT molecular complexity index is 770. The second-order valence-electron chi connectivity index (χ2n) is 7.14. The number of amides is 1. The summed E-state index contributed by atoms with van der Waals surface area (Å²) < 4.78 is 26.3. The molecule has 2 aromatic carbocycles. The SMILES string of the molecule is CC(=O)NC1(c2ccc(F)cc2)CCN(C[C@H](O)c2ccc(F)cc2)CC1. The number of β-amino-alcohol motifs (C(OH)–C–C–N with tert-alkyl or cyclic N) is 1. The summed E-state index contributed by atoms with van der Waals surface area (Å²) in [5.74, 6) is -0.765. The van der Waals surface area contributed by atoms with E-state index < -0.39 is 11.6 Å². The molecule has 3 rings (SSSR count). The van der Waals surface area contributed by atoms with Crippen molar-refractivity contribution in [1.29, 1.82) is 0 Å². The molecular formula is C21H24F2N2O2. The van der Waals surface area contributed by atoms with Crippen molar-refractivity contribution >= 4 is 5.91 Å². The molecule has 0 aliphatic carbocycles. The van der Waals surface area contributed by atoms with E-state index in [1.54, 1.807) is 24.3 Å². The van der Waals surface area contributed by atoms with Gasteiger partial charge in [-0.1, -0.05) is 24.3 Å². The first-order chi connectivity index (χ1) is 12.9. The summed E-state index contributed by atoms with van der Waals surface area (Å²) in [6.07, 6.45) is 0.618. The van der Waals surface area contributed by atoms with Gasteiger partial charge in [0, 0.05) is 26.6 Å². The predicted molar refractivity (Wildman–Crippen MR) is 98.9 cm³/mol. The molecule has 2 aromatic rings. The minimum atomic E-state index is -0.704. The van der Waals surface area contributed by atoms with Gasteiger partial charge in [-0.3, -0.25) is 4.79 Å². The van der Waals surface area contributed by atoms with Gasteiger partial charge in [0.2, 0.25) is 5.91 Å². The maximum atomic E-state index is 13.3. The van der Waals surface area contributed by atoms with Crippen molar-refractivity contribution in [1.82, 2.24) is 10.2 Å². The molecular weight excluding hydrogens is 350 g/mol. The Morgan fingerprint density at radius 3 is 2.11 bits per heavy atom. The van der Waals surface area contributed by atoms with Gasteiger partial charge >= 0.3 is 0 Å². The molecule has 6 heteroatoms. The molecule has 1 aliphatic rings. The Morgan fingerprint density at radius 1 is 1.07 bits per heavy atom. The molecule has 0 unspecified atom stereocenters. The number of benzene rings is 2. The Balaban J connectivity index is 1.67. The van der Waals surface area contributed by atoms with Gasteiger partial charge in [-0.25, -0.2) is 8.78 Å². The van der Waals surface area contributed by atoms with Gasteiger partial charge in [0.25, 0.3) is 0 Å². The summed E-state index contributed by atoms with van der Waals surface area (Å²) in [6.45, 7) is 3.27. The monoisotopic (exact) mass is 374 g/mol. The first-order valence-electron chi connectivity index (χ1n) is 9.09. The predicted octanol–water partition coefficient (Wildman–Crippen LogP) is 3.13. The fourth-order valence-corrected chi connectivity index (χ4v) is 3.74.